The molecule has 0 aromatic carbocycles. The lowest BCUT2D eigenvalue weighted by molar-refractivity contribution is -0.137. The monoisotopic (exact) mass is 314 g/mol. The number of nitrogens with zero attached hydrogens (tertiary/aromatic N) is 2. The lowest BCUT2D eigenvalue weighted by atomic mass is 10.3. The van der Waals surface area contributed by atoms with E-state index in [2.05, 4.69) is 0 Å². The van der Waals surface area contributed by atoms with Crippen LogP contribution in [0, 0.1) is 0 Å². The summed E-state index contributed by atoms with van der Waals surface area (Å²) >= 11 is 0. The third kappa shape index (κ3) is 4.13. The van der Waals surface area contributed by atoms with Gasteiger partial charge in [0.25, 0.3) is 10.2 Å². The van der Waals surface area contributed by atoms with E-state index in [1.54, 1.807) is 0 Å². The molecule has 0 aromatic rings. The van der Waals surface area contributed by atoms with Gasteiger partial charge in [0, 0.05) is 26.7 Å². The van der Waals surface area contributed by atoms with Crippen LogP contribution in [0.1, 0.15) is 12.8 Å². The van der Waals surface area contributed by atoms with E-state index < -0.39 is 32.1 Å². The molecule has 1 N–H and O–H groups in total. The zero-order valence-electron chi connectivity index (χ0n) is 10.8. The van der Waals surface area contributed by atoms with Gasteiger partial charge in [0.1, 0.15) is 0 Å². The van der Waals surface area contributed by atoms with Crippen LogP contribution in [0.3, 0.4) is 0 Å². The highest BCUT2D eigenvalue weighted by Gasteiger charge is 2.37. The molecule has 1 rings (SSSR count). The predicted molar refractivity (Wildman–Crippen MR) is 68.6 cm³/mol. The molecule has 0 aromatic heterocycles. The summed E-state index contributed by atoms with van der Waals surface area (Å²) in [5, 5.41) is 8.53. The number of rotatable bonds is 6. The molecule has 8 nitrogen and oxygen atoms in total. The Morgan fingerprint density at radius 1 is 1.37 bits per heavy atom. The van der Waals surface area contributed by atoms with E-state index in [1.165, 1.54) is 14.1 Å². The molecule has 1 unspecified atom stereocenters. The number of sulfone groups is 1. The standard InChI is InChI=1S/C9H18N2O6S2/c1-10(5-3-9(12)13)19(16,17)11(2)8-4-6-18(14,15)7-8/h8H,3-7H2,1-2H3,(H,12,13). The largest absolute Gasteiger partial charge is 0.481 e. The summed E-state index contributed by atoms with van der Waals surface area (Å²) in [4.78, 5) is 10.4. The third-order valence-corrected chi connectivity index (χ3v) is 6.87. The van der Waals surface area contributed by atoms with Gasteiger partial charge < -0.3 is 5.11 Å². The van der Waals surface area contributed by atoms with Crippen LogP contribution in [-0.2, 0) is 24.8 Å². The molecule has 0 aliphatic carbocycles. The number of hydrogen-bond acceptors (Lipinski definition) is 5. The fourth-order valence-electron chi connectivity index (χ4n) is 1.84. The van der Waals surface area contributed by atoms with Crippen molar-refractivity contribution < 1.29 is 26.7 Å². The van der Waals surface area contributed by atoms with E-state index in [0.29, 0.717) is 0 Å². The van der Waals surface area contributed by atoms with E-state index in [1.807, 2.05) is 0 Å². The van der Waals surface area contributed by atoms with Crippen LogP contribution in [0.15, 0.2) is 0 Å². The molecule has 0 bridgehead atoms. The normalized spacial score (nSPS) is 23.1. The molecule has 0 saturated carbocycles. The summed E-state index contributed by atoms with van der Waals surface area (Å²) in [5.41, 5.74) is 0. The minimum atomic E-state index is -3.83. The molecule has 0 amide bonds. The highest BCUT2D eigenvalue weighted by atomic mass is 32.2. The summed E-state index contributed by atoms with van der Waals surface area (Å²) < 4.78 is 48.8. The summed E-state index contributed by atoms with van der Waals surface area (Å²) in [5.74, 6) is -1.29. The van der Waals surface area contributed by atoms with Crippen molar-refractivity contribution in [2.75, 3.05) is 32.1 Å². The molecular formula is C9H18N2O6S2. The van der Waals surface area contributed by atoms with Crippen LogP contribution in [0.25, 0.3) is 0 Å². The maximum Gasteiger partial charge on any atom is 0.304 e. The van der Waals surface area contributed by atoms with Crippen molar-refractivity contribution in [1.82, 2.24) is 8.61 Å². The van der Waals surface area contributed by atoms with Crippen LogP contribution in [0.5, 0.6) is 0 Å². The van der Waals surface area contributed by atoms with Crippen molar-refractivity contribution in [1.29, 1.82) is 0 Å². The second-order valence-electron chi connectivity index (χ2n) is 4.55. The summed E-state index contributed by atoms with van der Waals surface area (Å²) in [6.45, 7) is -0.151. The SMILES string of the molecule is CN(CCC(=O)O)S(=O)(=O)N(C)C1CCS(=O)(=O)C1. The molecule has 112 valence electrons. The Morgan fingerprint density at radius 2 is 1.95 bits per heavy atom. The van der Waals surface area contributed by atoms with Crippen LogP contribution in [0.2, 0.25) is 0 Å². The lowest BCUT2D eigenvalue weighted by Gasteiger charge is -2.27. The van der Waals surface area contributed by atoms with Gasteiger partial charge >= 0.3 is 5.97 Å². The maximum absolute atomic E-state index is 12.1. The fraction of sp³-hybridized carbons (Fsp3) is 0.889. The van der Waals surface area contributed by atoms with Gasteiger partial charge in [-0.05, 0) is 6.42 Å². The van der Waals surface area contributed by atoms with E-state index in [4.69, 9.17) is 5.11 Å². The maximum atomic E-state index is 12.1. The molecule has 0 spiro atoms. The molecule has 1 saturated heterocycles. The lowest BCUT2D eigenvalue weighted by Crippen LogP contribution is -2.46. The zero-order chi connectivity index (χ0) is 14.8. The smallest absolute Gasteiger partial charge is 0.304 e. The zero-order valence-corrected chi connectivity index (χ0v) is 12.4. The molecular weight excluding hydrogens is 296 g/mol. The highest BCUT2D eigenvalue weighted by molar-refractivity contribution is 7.91. The van der Waals surface area contributed by atoms with Crippen LogP contribution in [-0.4, -0.2) is 74.7 Å². The Labute approximate surface area is 113 Å². The second-order valence-corrected chi connectivity index (χ2v) is 8.87. The minimum Gasteiger partial charge on any atom is -0.481 e. The number of hydrogen-bond donors (Lipinski definition) is 1. The van der Waals surface area contributed by atoms with Crippen molar-refractivity contribution in [2.24, 2.45) is 0 Å². The van der Waals surface area contributed by atoms with Gasteiger partial charge in [0.05, 0.1) is 17.9 Å². The Morgan fingerprint density at radius 3 is 2.37 bits per heavy atom. The van der Waals surface area contributed by atoms with Crippen LogP contribution < -0.4 is 0 Å². The molecule has 10 heteroatoms. The highest BCUT2D eigenvalue weighted by Crippen LogP contribution is 2.20. The number of carbonyl (C=O) groups is 1. The number of carboxylic acid groups (broad SMARTS) is 1. The topological polar surface area (TPSA) is 112 Å². The quantitative estimate of drug-likeness (QED) is 0.656. The van der Waals surface area contributed by atoms with E-state index in [-0.39, 0.29) is 30.9 Å². The van der Waals surface area contributed by atoms with Crippen molar-refractivity contribution in [2.45, 2.75) is 18.9 Å². The summed E-state index contributed by atoms with van der Waals surface area (Å²) in [6.07, 6.45) is -0.0304. The second kappa shape index (κ2) is 5.73. The molecule has 1 aliphatic rings. The Bertz CT molecular complexity index is 541. The van der Waals surface area contributed by atoms with Gasteiger partial charge in [-0.3, -0.25) is 4.79 Å². The van der Waals surface area contributed by atoms with Crippen molar-refractivity contribution in [3.63, 3.8) is 0 Å². The van der Waals surface area contributed by atoms with Gasteiger partial charge in [-0.2, -0.15) is 17.0 Å². The number of carboxylic acids is 1. The van der Waals surface area contributed by atoms with Crippen LogP contribution in [0.4, 0.5) is 0 Å². The van der Waals surface area contributed by atoms with E-state index in [0.717, 1.165) is 8.61 Å². The molecule has 1 heterocycles. The average Bonchev–Trinajstić information content (AvgIpc) is 2.65. The predicted octanol–water partition coefficient (Wildman–Crippen LogP) is -1.24. The first kappa shape index (κ1) is 16.3. The van der Waals surface area contributed by atoms with Crippen molar-refractivity contribution in [3.05, 3.63) is 0 Å². The van der Waals surface area contributed by atoms with E-state index >= 15 is 0 Å². The van der Waals surface area contributed by atoms with Gasteiger partial charge in [0.15, 0.2) is 9.84 Å². The summed E-state index contributed by atoms with van der Waals surface area (Å²) in [7, 11) is -4.41. The average molecular weight is 314 g/mol. The fourth-order valence-corrected chi connectivity index (χ4v) is 5.03. The molecule has 1 aliphatic heterocycles. The van der Waals surface area contributed by atoms with Gasteiger partial charge in [-0.15, -0.1) is 0 Å². The van der Waals surface area contributed by atoms with Gasteiger partial charge in [-0.25, -0.2) is 8.42 Å². The molecule has 0 radical (unpaired) electrons. The van der Waals surface area contributed by atoms with Crippen molar-refractivity contribution >= 4 is 26.0 Å². The molecule has 1 atom stereocenters. The first-order valence-corrected chi connectivity index (χ1v) is 8.89. The number of aliphatic carboxylic acids is 1. The third-order valence-electron chi connectivity index (χ3n) is 3.12. The molecule has 19 heavy (non-hydrogen) atoms. The Balaban J connectivity index is 2.74. The van der Waals surface area contributed by atoms with Crippen molar-refractivity contribution in [3.8, 4) is 0 Å². The minimum absolute atomic E-state index is 0.0175. The first-order chi connectivity index (χ1) is 8.56. The first-order valence-electron chi connectivity index (χ1n) is 5.68. The van der Waals surface area contributed by atoms with Gasteiger partial charge in [0.2, 0.25) is 0 Å². The Hall–Kier alpha value is -0.710. The van der Waals surface area contributed by atoms with Gasteiger partial charge in [-0.1, -0.05) is 0 Å². The Kier molecular flexibility index (Phi) is 4.93. The van der Waals surface area contributed by atoms with E-state index in [9.17, 15) is 21.6 Å². The van der Waals surface area contributed by atoms with Crippen LogP contribution >= 0.6 is 0 Å². The molecule has 1 fully saturated rings. The summed E-state index contributed by atoms with van der Waals surface area (Å²) in [6, 6.07) is -0.581.